The van der Waals surface area contributed by atoms with Crippen LogP contribution in [0.4, 0.5) is 0 Å². The average molecular weight is 181 g/mol. The van der Waals surface area contributed by atoms with E-state index in [2.05, 4.69) is 43.2 Å². The Labute approximate surface area is 80.9 Å². The standard InChI is InChI=1S/C11H19NO/c1-3-12(2)9-10-13-11-7-5-4-6-8-11/h4-7,11H,3,8-10H2,1-2H3. The Morgan fingerprint density at radius 3 is 2.92 bits per heavy atom. The SMILES string of the molecule is CCN(C)CCOC1C=CC=CC1. The van der Waals surface area contributed by atoms with Crippen LogP contribution in [-0.4, -0.2) is 37.7 Å². The van der Waals surface area contributed by atoms with Crippen molar-refractivity contribution in [2.45, 2.75) is 19.4 Å². The van der Waals surface area contributed by atoms with Gasteiger partial charge in [0.1, 0.15) is 0 Å². The second kappa shape index (κ2) is 5.95. The molecule has 0 spiro atoms. The molecule has 0 saturated heterocycles. The van der Waals surface area contributed by atoms with E-state index in [0.29, 0.717) is 6.10 Å². The molecule has 2 heteroatoms. The number of rotatable bonds is 5. The fraction of sp³-hybridized carbons (Fsp3) is 0.636. The zero-order chi connectivity index (χ0) is 9.52. The molecular weight excluding hydrogens is 162 g/mol. The van der Waals surface area contributed by atoms with E-state index in [-0.39, 0.29) is 0 Å². The van der Waals surface area contributed by atoms with E-state index < -0.39 is 0 Å². The lowest BCUT2D eigenvalue weighted by Crippen LogP contribution is -2.24. The van der Waals surface area contributed by atoms with E-state index in [1.165, 1.54) is 0 Å². The second-order valence-corrected chi connectivity index (χ2v) is 3.35. The highest BCUT2D eigenvalue weighted by Gasteiger charge is 2.04. The maximum Gasteiger partial charge on any atom is 0.0794 e. The highest BCUT2D eigenvalue weighted by Crippen LogP contribution is 2.06. The Kier molecular flexibility index (Phi) is 4.79. The molecule has 1 aliphatic rings. The van der Waals surface area contributed by atoms with Crippen LogP contribution in [0.3, 0.4) is 0 Å². The van der Waals surface area contributed by atoms with Crippen LogP contribution in [0.2, 0.25) is 0 Å². The van der Waals surface area contributed by atoms with Gasteiger partial charge in [0.05, 0.1) is 12.7 Å². The van der Waals surface area contributed by atoms with E-state index in [9.17, 15) is 0 Å². The third kappa shape index (κ3) is 4.25. The van der Waals surface area contributed by atoms with Crippen molar-refractivity contribution >= 4 is 0 Å². The smallest absolute Gasteiger partial charge is 0.0794 e. The molecule has 0 aromatic rings. The first-order valence-electron chi connectivity index (χ1n) is 4.96. The first-order valence-corrected chi connectivity index (χ1v) is 4.96. The molecule has 1 unspecified atom stereocenters. The Morgan fingerprint density at radius 2 is 2.31 bits per heavy atom. The molecule has 13 heavy (non-hydrogen) atoms. The molecule has 0 aromatic carbocycles. The van der Waals surface area contributed by atoms with Gasteiger partial charge in [-0.25, -0.2) is 0 Å². The molecule has 1 rings (SSSR count). The summed E-state index contributed by atoms with van der Waals surface area (Å²) in [5.74, 6) is 0. The van der Waals surface area contributed by atoms with Gasteiger partial charge < -0.3 is 9.64 Å². The summed E-state index contributed by atoms with van der Waals surface area (Å²) in [6.45, 7) is 5.09. The maximum absolute atomic E-state index is 5.68. The van der Waals surface area contributed by atoms with Crippen LogP contribution < -0.4 is 0 Å². The van der Waals surface area contributed by atoms with Gasteiger partial charge in [-0.3, -0.25) is 0 Å². The number of hydrogen-bond donors (Lipinski definition) is 0. The van der Waals surface area contributed by atoms with Gasteiger partial charge in [0.2, 0.25) is 0 Å². The molecule has 74 valence electrons. The van der Waals surface area contributed by atoms with Crippen molar-refractivity contribution < 1.29 is 4.74 Å². The Morgan fingerprint density at radius 1 is 1.46 bits per heavy atom. The molecule has 0 saturated carbocycles. The van der Waals surface area contributed by atoms with E-state index in [0.717, 1.165) is 26.1 Å². The molecule has 2 nitrogen and oxygen atoms in total. The zero-order valence-corrected chi connectivity index (χ0v) is 8.57. The van der Waals surface area contributed by atoms with Crippen molar-refractivity contribution in [1.82, 2.24) is 4.90 Å². The van der Waals surface area contributed by atoms with Crippen LogP contribution in [0.25, 0.3) is 0 Å². The van der Waals surface area contributed by atoms with Gasteiger partial charge in [0.25, 0.3) is 0 Å². The topological polar surface area (TPSA) is 12.5 Å². The molecule has 1 atom stereocenters. The third-order valence-electron chi connectivity index (χ3n) is 2.29. The van der Waals surface area contributed by atoms with Crippen LogP contribution in [0.15, 0.2) is 24.3 Å². The highest BCUT2D eigenvalue weighted by atomic mass is 16.5. The summed E-state index contributed by atoms with van der Waals surface area (Å²) in [6.07, 6.45) is 9.71. The summed E-state index contributed by atoms with van der Waals surface area (Å²) < 4.78 is 5.68. The quantitative estimate of drug-likeness (QED) is 0.641. The molecule has 0 radical (unpaired) electrons. The monoisotopic (exact) mass is 181 g/mol. The molecule has 0 fully saturated rings. The minimum Gasteiger partial charge on any atom is -0.372 e. The largest absolute Gasteiger partial charge is 0.372 e. The van der Waals surface area contributed by atoms with Crippen molar-refractivity contribution in [3.8, 4) is 0 Å². The highest BCUT2D eigenvalue weighted by molar-refractivity contribution is 5.11. The third-order valence-corrected chi connectivity index (χ3v) is 2.29. The van der Waals surface area contributed by atoms with Crippen molar-refractivity contribution in [3.63, 3.8) is 0 Å². The maximum atomic E-state index is 5.68. The van der Waals surface area contributed by atoms with Gasteiger partial charge in [-0.2, -0.15) is 0 Å². The van der Waals surface area contributed by atoms with Crippen molar-refractivity contribution in [3.05, 3.63) is 24.3 Å². The molecule has 1 aliphatic carbocycles. The summed E-state index contributed by atoms with van der Waals surface area (Å²) in [5.41, 5.74) is 0. The van der Waals surface area contributed by atoms with E-state index in [1.807, 2.05) is 0 Å². The molecule has 0 aliphatic heterocycles. The van der Waals surface area contributed by atoms with Gasteiger partial charge >= 0.3 is 0 Å². The van der Waals surface area contributed by atoms with Gasteiger partial charge in [0, 0.05) is 6.54 Å². The zero-order valence-electron chi connectivity index (χ0n) is 8.57. The van der Waals surface area contributed by atoms with Crippen molar-refractivity contribution in [1.29, 1.82) is 0 Å². The molecule has 0 aromatic heterocycles. The van der Waals surface area contributed by atoms with Gasteiger partial charge in [-0.05, 0) is 20.0 Å². The first-order chi connectivity index (χ1) is 6.33. The minimum atomic E-state index is 0.301. The molecule has 0 heterocycles. The van der Waals surface area contributed by atoms with E-state index in [1.54, 1.807) is 0 Å². The molecule has 0 bridgehead atoms. The molecule has 0 amide bonds. The number of likely N-dealkylation sites (N-methyl/N-ethyl adjacent to an activating group) is 1. The summed E-state index contributed by atoms with van der Waals surface area (Å²) in [5, 5.41) is 0. The predicted molar refractivity (Wildman–Crippen MR) is 55.8 cm³/mol. The number of nitrogens with zero attached hydrogens (tertiary/aromatic N) is 1. The lowest BCUT2D eigenvalue weighted by atomic mass is 10.1. The van der Waals surface area contributed by atoms with E-state index in [4.69, 9.17) is 4.74 Å². The Hall–Kier alpha value is -0.600. The van der Waals surface area contributed by atoms with Crippen LogP contribution in [0.5, 0.6) is 0 Å². The van der Waals surface area contributed by atoms with Crippen molar-refractivity contribution in [2.24, 2.45) is 0 Å². The Bertz CT molecular complexity index is 187. The average Bonchev–Trinajstić information content (AvgIpc) is 2.19. The first kappa shape index (κ1) is 10.5. The lowest BCUT2D eigenvalue weighted by Gasteiger charge is -2.17. The second-order valence-electron chi connectivity index (χ2n) is 3.35. The number of allylic oxidation sites excluding steroid dienone is 2. The van der Waals surface area contributed by atoms with Crippen LogP contribution in [0, 0.1) is 0 Å². The normalized spacial score (nSPS) is 21.3. The lowest BCUT2D eigenvalue weighted by molar-refractivity contribution is 0.0715. The van der Waals surface area contributed by atoms with Gasteiger partial charge in [0.15, 0.2) is 0 Å². The molecular formula is C11H19NO. The fourth-order valence-electron chi connectivity index (χ4n) is 1.20. The summed E-state index contributed by atoms with van der Waals surface area (Å²) >= 11 is 0. The van der Waals surface area contributed by atoms with Crippen molar-refractivity contribution in [2.75, 3.05) is 26.7 Å². The van der Waals surface area contributed by atoms with Gasteiger partial charge in [-0.15, -0.1) is 0 Å². The summed E-state index contributed by atoms with van der Waals surface area (Å²) in [6, 6.07) is 0. The predicted octanol–water partition coefficient (Wildman–Crippen LogP) is 1.84. The number of ether oxygens (including phenoxy) is 1. The van der Waals surface area contributed by atoms with Crippen LogP contribution in [0.1, 0.15) is 13.3 Å². The summed E-state index contributed by atoms with van der Waals surface area (Å²) in [7, 11) is 2.11. The van der Waals surface area contributed by atoms with Crippen LogP contribution >= 0.6 is 0 Å². The molecule has 0 N–H and O–H groups in total. The van der Waals surface area contributed by atoms with Gasteiger partial charge in [-0.1, -0.05) is 31.2 Å². The fourth-order valence-corrected chi connectivity index (χ4v) is 1.20. The Balaban J connectivity index is 2.06. The summed E-state index contributed by atoms with van der Waals surface area (Å²) in [4.78, 5) is 2.25. The van der Waals surface area contributed by atoms with Crippen LogP contribution in [-0.2, 0) is 4.74 Å². The van der Waals surface area contributed by atoms with E-state index >= 15 is 0 Å². The number of hydrogen-bond acceptors (Lipinski definition) is 2. The minimum absolute atomic E-state index is 0.301.